The highest BCUT2D eigenvalue weighted by molar-refractivity contribution is 4.85. The summed E-state index contributed by atoms with van der Waals surface area (Å²) in [5.74, 6) is 0.605. The van der Waals surface area contributed by atoms with Crippen molar-refractivity contribution in [3.05, 3.63) is 0 Å². The van der Waals surface area contributed by atoms with Gasteiger partial charge < -0.3 is 10.8 Å². The third-order valence-electron chi connectivity index (χ3n) is 3.57. The van der Waals surface area contributed by atoms with Crippen molar-refractivity contribution in [3.63, 3.8) is 0 Å². The van der Waals surface area contributed by atoms with E-state index >= 15 is 0 Å². The van der Waals surface area contributed by atoms with Crippen LogP contribution < -0.4 is 5.73 Å². The molecule has 0 aromatic heterocycles. The Morgan fingerprint density at radius 2 is 1.59 bits per heavy atom. The molecule has 0 aliphatic rings. The molecule has 0 radical (unpaired) electrons. The fourth-order valence-corrected chi connectivity index (χ4v) is 2.49. The first kappa shape index (κ1) is 16.9. The Hall–Kier alpha value is -0.120. The third kappa shape index (κ3) is 5.36. The minimum Gasteiger partial charge on any atom is -0.395 e. The average Bonchev–Trinajstić information content (AvgIpc) is 2.30. The maximum absolute atomic E-state index is 9.63. The van der Waals surface area contributed by atoms with E-state index < -0.39 is 0 Å². The second-order valence-electron chi connectivity index (χ2n) is 5.38. The molecule has 3 nitrogen and oxygen atoms in total. The van der Waals surface area contributed by atoms with Gasteiger partial charge in [-0.1, -0.05) is 34.6 Å². The number of hydrogen-bond acceptors (Lipinski definition) is 3. The van der Waals surface area contributed by atoms with E-state index in [1.54, 1.807) is 0 Å². The minimum absolute atomic E-state index is 0.0688. The van der Waals surface area contributed by atoms with Crippen LogP contribution >= 0.6 is 0 Å². The van der Waals surface area contributed by atoms with Gasteiger partial charge in [-0.25, -0.2) is 0 Å². The van der Waals surface area contributed by atoms with Gasteiger partial charge in [0.15, 0.2) is 0 Å². The van der Waals surface area contributed by atoms with Gasteiger partial charge in [-0.2, -0.15) is 0 Å². The van der Waals surface area contributed by atoms with Crippen LogP contribution in [0, 0.1) is 5.92 Å². The van der Waals surface area contributed by atoms with E-state index in [1.165, 1.54) is 0 Å². The standard InChI is InChI=1S/C14H32N2O/c1-6-12(7-2)16(9-11(4)5)14(10-17)13(15)8-3/h11-14,17H,6-10,15H2,1-5H3. The Bertz CT molecular complexity index is 181. The van der Waals surface area contributed by atoms with Crippen LogP contribution in [0.3, 0.4) is 0 Å². The maximum atomic E-state index is 9.63. The van der Waals surface area contributed by atoms with Gasteiger partial charge >= 0.3 is 0 Å². The Labute approximate surface area is 107 Å². The van der Waals surface area contributed by atoms with Gasteiger partial charge in [0.05, 0.1) is 6.61 Å². The van der Waals surface area contributed by atoms with Crippen LogP contribution in [0.5, 0.6) is 0 Å². The molecule has 3 heteroatoms. The Kier molecular flexibility index (Phi) is 8.83. The maximum Gasteiger partial charge on any atom is 0.0602 e. The first-order valence-electron chi connectivity index (χ1n) is 7.13. The largest absolute Gasteiger partial charge is 0.395 e. The molecule has 0 bridgehead atoms. The van der Waals surface area contributed by atoms with E-state index in [1.807, 2.05) is 0 Å². The van der Waals surface area contributed by atoms with Crippen molar-refractivity contribution in [1.29, 1.82) is 0 Å². The lowest BCUT2D eigenvalue weighted by Gasteiger charge is -2.40. The molecule has 17 heavy (non-hydrogen) atoms. The molecule has 3 N–H and O–H groups in total. The van der Waals surface area contributed by atoms with Gasteiger partial charge in [-0.3, -0.25) is 4.90 Å². The molecule has 0 aromatic carbocycles. The monoisotopic (exact) mass is 244 g/mol. The lowest BCUT2D eigenvalue weighted by molar-refractivity contribution is 0.0518. The Morgan fingerprint density at radius 3 is 1.88 bits per heavy atom. The Morgan fingerprint density at radius 1 is 1.06 bits per heavy atom. The highest BCUT2D eigenvalue weighted by atomic mass is 16.3. The van der Waals surface area contributed by atoms with Crippen LogP contribution in [-0.4, -0.2) is 41.3 Å². The lowest BCUT2D eigenvalue weighted by Crippen LogP contribution is -2.54. The summed E-state index contributed by atoms with van der Waals surface area (Å²) >= 11 is 0. The molecule has 0 heterocycles. The van der Waals surface area contributed by atoms with Crippen LogP contribution in [0.15, 0.2) is 0 Å². The van der Waals surface area contributed by atoms with Crippen LogP contribution in [-0.2, 0) is 0 Å². The van der Waals surface area contributed by atoms with E-state index in [0.717, 1.165) is 25.8 Å². The number of aliphatic hydroxyl groups excluding tert-OH is 1. The van der Waals surface area contributed by atoms with E-state index in [9.17, 15) is 5.11 Å². The molecule has 0 saturated heterocycles. The van der Waals surface area contributed by atoms with Gasteiger partial charge in [0.25, 0.3) is 0 Å². The molecular formula is C14H32N2O. The molecule has 0 amide bonds. The zero-order chi connectivity index (χ0) is 13.4. The van der Waals surface area contributed by atoms with Gasteiger partial charge in [-0.05, 0) is 25.2 Å². The summed E-state index contributed by atoms with van der Waals surface area (Å²) in [4.78, 5) is 2.43. The number of nitrogens with two attached hydrogens (primary N) is 1. The number of hydrogen-bond donors (Lipinski definition) is 2. The summed E-state index contributed by atoms with van der Waals surface area (Å²) < 4.78 is 0. The van der Waals surface area contributed by atoms with E-state index in [2.05, 4.69) is 39.5 Å². The predicted octanol–water partition coefficient (Wildman–Crippen LogP) is 2.23. The summed E-state index contributed by atoms with van der Waals surface area (Å²) in [6.07, 6.45) is 3.16. The highest BCUT2D eigenvalue weighted by Gasteiger charge is 2.28. The fourth-order valence-electron chi connectivity index (χ4n) is 2.49. The summed E-state index contributed by atoms with van der Waals surface area (Å²) in [6, 6.07) is 0.707. The zero-order valence-corrected chi connectivity index (χ0v) is 12.3. The van der Waals surface area contributed by atoms with Gasteiger partial charge in [0.1, 0.15) is 0 Å². The highest BCUT2D eigenvalue weighted by Crippen LogP contribution is 2.17. The molecule has 0 spiro atoms. The summed E-state index contributed by atoms with van der Waals surface area (Å²) in [5.41, 5.74) is 6.15. The second kappa shape index (κ2) is 8.90. The molecule has 2 atom stereocenters. The molecule has 0 rings (SSSR count). The molecule has 0 aliphatic heterocycles. The molecule has 104 valence electrons. The number of aliphatic hydroxyl groups is 1. The first-order chi connectivity index (χ1) is 8.01. The fraction of sp³-hybridized carbons (Fsp3) is 1.00. The van der Waals surface area contributed by atoms with Crippen molar-refractivity contribution in [3.8, 4) is 0 Å². The minimum atomic E-state index is 0.0688. The third-order valence-corrected chi connectivity index (χ3v) is 3.57. The van der Waals surface area contributed by atoms with Crippen LogP contribution in [0.25, 0.3) is 0 Å². The molecule has 0 saturated carbocycles. The smallest absolute Gasteiger partial charge is 0.0602 e. The predicted molar refractivity (Wildman–Crippen MR) is 75.1 cm³/mol. The molecular weight excluding hydrogens is 212 g/mol. The van der Waals surface area contributed by atoms with Crippen molar-refractivity contribution >= 4 is 0 Å². The zero-order valence-electron chi connectivity index (χ0n) is 12.3. The van der Waals surface area contributed by atoms with Crippen molar-refractivity contribution < 1.29 is 5.11 Å². The van der Waals surface area contributed by atoms with E-state index in [0.29, 0.717) is 12.0 Å². The molecule has 2 unspecified atom stereocenters. The quantitative estimate of drug-likeness (QED) is 0.654. The molecule has 0 fully saturated rings. The van der Waals surface area contributed by atoms with Gasteiger partial charge in [-0.15, -0.1) is 0 Å². The Balaban J connectivity index is 4.84. The van der Waals surface area contributed by atoms with Gasteiger partial charge in [0.2, 0.25) is 0 Å². The van der Waals surface area contributed by atoms with Gasteiger partial charge in [0, 0.05) is 24.7 Å². The van der Waals surface area contributed by atoms with Crippen LogP contribution in [0.2, 0.25) is 0 Å². The summed E-state index contributed by atoms with van der Waals surface area (Å²) in [5, 5.41) is 9.63. The van der Waals surface area contributed by atoms with Crippen molar-refractivity contribution in [2.45, 2.75) is 72.0 Å². The summed E-state index contributed by atoms with van der Waals surface area (Å²) in [7, 11) is 0. The average molecular weight is 244 g/mol. The van der Waals surface area contributed by atoms with E-state index in [4.69, 9.17) is 5.73 Å². The SMILES string of the molecule is CCC(N)C(CO)N(CC(C)C)C(CC)CC. The van der Waals surface area contributed by atoms with Crippen LogP contribution in [0.4, 0.5) is 0 Å². The van der Waals surface area contributed by atoms with E-state index in [-0.39, 0.29) is 18.7 Å². The van der Waals surface area contributed by atoms with Crippen molar-refractivity contribution in [1.82, 2.24) is 4.90 Å². The second-order valence-corrected chi connectivity index (χ2v) is 5.38. The number of rotatable bonds is 9. The normalized spacial score (nSPS) is 15.9. The van der Waals surface area contributed by atoms with Crippen molar-refractivity contribution in [2.75, 3.05) is 13.2 Å². The first-order valence-corrected chi connectivity index (χ1v) is 7.13. The van der Waals surface area contributed by atoms with Crippen LogP contribution in [0.1, 0.15) is 53.9 Å². The topological polar surface area (TPSA) is 49.5 Å². The molecule has 0 aliphatic carbocycles. The molecule has 0 aromatic rings. The number of nitrogens with zero attached hydrogens (tertiary/aromatic N) is 1. The lowest BCUT2D eigenvalue weighted by atomic mass is 9.99. The summed E-state index contributed by atoms with van der Waals surface area (Å²) in [6.45, 7) is 12.2. The van der Waals surface area contributed by atoms with Crippen molar-refractivity contribution in [2.24, 2.45) is 11.7 Å².